The van der Waals surface area contributed by atoms with Crippen LogP contribution in [-0.2, 0) is 6.42 Å². The molecule has 0 aliphatic carbocycles. The van der Waals surface area contributed by atoms with Crippen molar-refractivity contribution in [2.75, 3.05) is 5.32 Å². The molecule has 2 aromatic carbocycles. The molecule has 0 aliphatic heterocycles. The van der Waals surface area contributed by atoms with Gasteiger partial charge in [-0.2, -0.15) is 0 Å². The summed E-state index contributed by atoms with van der Waals surface area (Å²) in [6, 6.07) is 15.1. The van der Waals surface area contributed by atoms with E-state index in [1.165, 1.54) is 11.9 Å². The summed E-state index contributed by atoms with van der Waals surface area (Å²) in [5.74, 6) is -0.300. The fourth-order valence-corrected chi connectivity index (χ4v) is 4.24. The highest BCUT2D eigenvalue weighted by Crippen LogP contribution is 2.29. The molecule has 3 heterocycles. The first kappa shape index (κ1) is 17.5. The lowest BCUT2D eigenvalue weighted by Gasteiger charge is -2.09. The fourth-order valence-electron chi connectivity index (χ4n) is 3.28. The number of nitrogens with one attached hydrogen (secondary N) is 1. The van der Waals surface area contributed by atoms with Crippen LogP contribution in [0, 0.1) is 0 Å². The molecule has 142 valence electrons. The Balaban J connectivity index is 1.49. The van der Waals surface area contributed by atoms with Gasteiger partial charge in [-0.05, 0) is 24.6 Å². The highest BCUT2D eigenvalue weighted by Gasteiger charge is 2.15. The van der Waals surface area contributed by atoms with Crippen LogP contribution in [0.3, 0.4) is 0 Å². The molecule has 0 saturated heterocycles. The van der Waals surface area contributed by atoms with Crippen LogP contribution in [-0.4, -0.2) is 25.3 Å². The number of para-hydroxylation sites is 3. The number of amides is 1. The molecule has 29 heavy (non-hydrogen) atoms. The Morgan fingerprint density at radius 3 is 2.72 bits per heavy atom. The SMILES string of the molecule is CCc1csc2nc(-c3ccccc3NC(=O)c3cnc4ccccc4n3)cn12. The fraction of sp³-hybridized carbons (Fsp3) is 0.0909. The molecule has 0 spiro atoms. The summed E-state index contributed by atoms with van der Waals surface area (Å²) in [6.07, 6.45) is 4.46. The maximum atomic E-state index is 12.8. The average molecular weight is 399 g/mol. The quantitative estimate of drug-likeness (QED) is 0.470. The number of imidazole rings is 1. The third-order valence-corrected chi connectivity index (χ3v) is 5.67. The lowest BCUT2D eigenvalue weighted by molar-refractivity contribution is 0.102. The van der Waals surface area contributed by atoms with Crippen LogP contribution in [0.4, 0.5) is 5.69 Å². The van der Waals surface area contributed by atoms with Crippen molar-refractivity contribution in [1.82, 2.24) is 19.4 Å². The largest absolute Gasteiger partial charge is 0.320 e. The summed E-state index contributed by atoms with van der Waals surface area (Å²) in [6.45, 7) is 2.12. The minimum Gasteiger partial charge on any atom is -0.320 e. The zero-order valence-electron chi connectivity index (χ0n) is 15.7. The standard InChI is InChI=1S/C22H17N5OS/c1-2-14-13-29-22-26-20(12-27(14)22)15-7-3-4-8-16(15)25-21(28)19-11-23-17-9-5-6-10-18(17)24-19/h3-13H,2H2,1H3,(H,25,28). The molecular weight excluding hydrogens is 382 g/mol. The molecule has 3 aromatic heterocycles. The Bertz CT molecular complexity index is 1350. The van der Waals surface area contributed by atoms with Gasteiger partial charge in [0.15, 0.2) is 4.96 Å². The Morgan fingerprint density at radius 1 is 1.07 bits per heavy atom. The van der Waals surface area contributed by atoms with E-state index in [2.05, 4.69) is 32.0 Å². The highest BCUT2D eigenvalue weighted by molar-refractivity contribution is 7.15. The summed E-state index contributed by atoms with van der Waals surface area (Å²) in [5, 5.41) is 5.09. The molecule has 5 rings (SSSR count). The smallest absolute Gasteiger partial charge is 0.275 e. The van der Waals surface area contributed by atoms with Crippen molar-refractivity contribution in [3.8, 4) is 11.3 Å². The Morgan fingerprint density at radius 2 is 1.86 bits per heavy atom. The minimum atomic E-state index is -0.300. The zero-order valence-corrected chi connectivity index (χ0v) is 16.5. The third-order valence-electron chi connectivity index (χ3n) is 4.78. The van der Waals surface area contributed by atoms with E-state index in [-0.39, 0.29) is 11.6 Å². The van der Waals surface area contributed by atoms with Crippen LogP contribution in [0.1, 0.15) is 23.1 Å². The van der Waals surface area contributed by atoms with Crippen molar-refractivity contribution in [3.63, 3.8) is 0 Å². The molecule has 0 radical (unpaired) electrons. The predicted octanol–water partition coefficient (Wildman–Crippen LogP) is 4.82. The van der Waals surface area contributed by atoms with Gasteiger partial charge in [-0.15, -0.1) is 11.3 Å². The molecule has 0 saturated carbocycles. The van der Waals surface area contributed by atoms with Gasteiger partial charge in [0.1, 0.15) is 5.69 Å². The second-order valence-electron chi connectivity index (χ2n) is 6.60. The van der Waals surface area contributed by atoms with Crippen molar-refractivity contribution in [1.29, 1.82) is 0 Å². The van der Waals surface area contributed by atoms with Crippen molar-refractivity contribution < 1.29 is 4.79 Å². The topological polar surface area (TPSA) is 72.2 Å². The lowest BCUT2D eigenvalue weighted by Crippen LogP contribution is -2.14. The molecule has 0 fully saturated rings. The first-order valence-electron chi connectivity index (χ1n) is 9.31. The lowest BCUT2D eigenvalue weighted by atomic mass is 10.1. The molecule has 6 nitrogen and oxygen atoms in total. The summed E-state index contributed by atoms with van der Waals surface area (Å²) in [5.41, 5.74) is 5.33. The summed E-state index contributed by atoms with van der Waals surface area (Å²) in [4.78, 5) is 27.3. The molecule has 5 aromatic rings. The maximum absolute atomic E-state index is 12.8. The van der Waals surface area contributed by atoms with Crippen LogP contribution < -0.4 is 5.32 Å². The van der Waals surface area contributed by atoms with E-state index in [4.69, 9.17) is 4.98 Å². The first-order valence-corrected chi connectivity index (χ1v) is 10.2. The third kappa shape index (κ3) is 3.15. The number of hydrogen-bond donors (Lipinski definition) is 1. The summed E-state index contributed by atoms with van der Waals surface area (Å²) < 4.78 is 2.10. The van der Waals surface area contributed by atoms with Gasteiger partial charge in [-0.3, -0.25) is 14.2 Å². The van der Waals surface area contributed by atoms with Crippen LogP contribution in [0.25, 0.3) is 27.3 Å². The minimum absolute atomic E-state index is 0.276. The van der Waals surface area contributed by atoms with Crippen molar-refractivity contribution in [2.45, 2.75) is 13.3 Å². The molecule has 7 heteroatoms. The normalized spacial score (nSPS) is 11.2. The second-order valence-corrected chi connectivity index (χ2v) is 7.44. The van der Waals surface area contributed by atoms with Crippen LogP contribution in [0.5, 0.6) is 0 Å². The molecule has 0 bridgehead atoms. The Labute approximate surface area is 170 Å². The number of fused-ring (bicyclic) bond motifs is 2. The Hall–Kier alpha value is -3.58. The number of rotatable bonds is 4. The number of anilines is 1. The first-order chi connectivity index (χ1) is 14.2. The molecule has 0 atom stereocenters. The van der Waals surface area contributed by atoms with E-state index in [9.17, 15) is 4.79 Å². The average Bonchev–Trinajstić information content (AvgIpc) is 3.34. The van der Waals surface area contributed by atoms with Crippen LogP contribution in [0.2, 0.25) is 0 Å². The van der Waals surface area contributed by atoms with Gasteiger partial charge in [0, 0.05) is 22.8 Å². The van der Waals surface area contributed by atoms with E-state index in [0.29, 0.717) is 11.2 Å². The monoisotopic (exact) mass is 399 g/mol. The van der Waals surface area contributed by atoms with Gasteiger partial charge in [-0.1, -0.05) is 37.3 Å². The summed E-state index contributed by atoms with van der Waals surface area (Å²) >= 11 is 1.62. The maximum Gasteiger partial charge on any atom is 0.275 e. The molecule has 1 amide bonds. The number of thiazole rings is 1. The van der Waals surface area contributed by atoms with E-state index < -0.39 is 0 Å². The predicted molar refractivity (Wildman–Crippen MR) is 115 cm³/mol. The van der Waals surface area contributed by atoms with Gasteiger partial charge in [0.2, 0.25) is 0 Å². The highest BCUT2D eigenvalue weighted by atomic mass is 32.1. The summed E-state index contributed by atoms with van der Waals surface area (Å²) in [7, 11) is 0. The zero-order chi connectivity index (χ0) is 19.8. The van der Waals surface area contributed by atoms with Crippen LogP contribution in [0.15, 0.2) is 66.3 Å². The molecule has 1 N–H and O–H groups in total. The number of aryl methyl sites for hydroxylation is 1. The van der Waals surface area contributed by atoms with E-state index in [0.717, 1.165) is 28.2 Å². The molecule has 0 unspecified atom stereocenters. The number of aromatic nitrogens is 4. The van der Waals surface area contributed by atoms with Crippen molar-refractivity contribution >= 4 is 38.9 Å². The van der Waals surface area contributed by atoms with Crippen molar-refractivity contribution in [2.24, 2.45) is 0 Å². The van der Waals surface area contributed by atoms with Crippen molar-refractivity contribution in [3.05, 3.63) is 77.7 Å². The second kappa shape index (κ2) is 7.10. The number of hydrogen-bond acceptors (Lipinski definition) is 5. The molecular formula is C22H17N5OS. The number of nitrogens with zero attached hydrogens (tertiary/aromatic N) is 4. The number of carbonyl (C=O) groups is 1. The van der Waals surface area contributed by atoms with Gasteiger partial charge >= 0.3 is 0 Å². The van der Waals surface area contributed by atoms with Gasteiger partial charge in [0.05, 0.1) is 28.6 Å². The van der Waals surface area contributed by atoms with E-state index in [1.807, 2.05) is 54.7 Å². The number of benzene rings is 2. The van der Waals surface area contributed by atoms with Gasteiger partial charge in [0.25, 0.3) is 5.91 Å². The van der Waals surface area contributed by atoms with Gasteiger partial charge < -0.3 is 5.32 Å². The van der Waals surface area contributed by atoms with Crippen LogP contribution >= 0.6 is 11.3 Å². The number of carbonyl (C=O) groups excluding carboxylic acids is 1. The van der Waals surface area contributed by atoms with Gasteiger partial charge in [-0.25, -0.2) is 9.97 Å². The van der Waals surface area contributed by atoms with E-state index >= 15 is 0 Å². The molecule has 0 aliphatic rings. The van der Waals surface area contributed by atoms with E-state index in [1.54, 1.807) is 11.3 Å². The Kier molecular flexibility index (Phi) is 4.29.